The zero-order valence-electron chi connectivity index (χ0n) is 17.0. The van der Waals surface area contributed by atoms with Gasteiger partial charge in [0.25, 0.3) is 5.91 Å². The van der Waals surface area contributed by atoms with Crippen LogP contribution in [0.5, 0.6) is 0 Å². The van der Waals surface area contributed by atoms with E-state index < -0.39 is 29.9 Å². The number of hydrogen-bond donors (Lipinski definition) is 1. The second-order valence-corrected chi connectivity index (χ2v) is 8.20. The van der Waals surface area contributed by atoms with Gasteiger partial charge in [-0.2, -0.15) is 5.26 Å². The second-order valence-electron chi connectivity index (χ2n) is 7.36. The SMILES string of the molecule is Cc1ccc(N(CCC#N)C(=O)CN2C(=O)NC(C)(c3ccc(Cl)cc3Cl)C2=O)cc1. The Morgan fingerprint density at radius 2 is 1.87 bits per heavy atom. The summed E-state index contributed by atoms with van der Waals surface area (Å²) in [6.07, 6.45) is 0.109. The number of anilines is 1. The molecule has 1 N–H and O–H groups in total. The molecule has 1 saturated heterocycles. The van der Waals surface area contributed by atoms with Gasteiger partial charge in [0.2, 0.25) is 5.91 Å². The molecule has 1 unspecified atom stereocenters. The van der Waals surface area contributed by atoms with Crippen LogP contribution in [-0.4, -0.2) is 35.8 Å². The van der Waals surface area contributed by atoms with Crippen LogP contribution in [0.1, 0.15) is 24.5 Å². The van der Waals surface area contributed by atoms with Crippen molar-refractivity contribution in [3.8, 4) is 6.07 Å². The van der Waals surface area contributed by atoms with E-state index in [-0.39, 0.29) is 18.0 Å². The van der Waals surface area contributed by atoms with Crippen LogP contribution < -0.4 is 10.2 Å². The second kappa shape index (κ2) is 8.96. The minimum Gasteiger partial charge on any atom is -0.319 e. The fraction of sp³-hybridized carbons (Fsp3) is 0.273. The highest BCUT2D eigenvalue weighted by molar-refractivity contribution is 6.35. The molecule has 3 rings (SSSR count). The van der Waals surface area contributed by atoms with E-state index in [9.17, 15) is 14.4 Å². The molecule has 1 aliphatic rings. The highest BCUT2D eigenvalue weighted by atomic mass is 35.5. The molecule has 4 amide bonds. The summed E-state index contributed by atoms with van der Waals surface area (Å²) in [6.45, 7) is 3.12. The smallest absolute Gasteiger partial charge is 0.319 e. The lowest BCUT2D eigenvalue weighted by Gasteiger charge is -2.25. The highest BCUT2D eigenvalue weighted by Gasteiger charge is 2.50. The zero-order valence-corrected chi connectivity index (χ0v) is 18.5. The maximum atomic E-state index is 13.2. The Bertz CT molecular complexity index is 1080. The minimum absolute atomic E-state index is 0.109. The molecule has 31 heavy (non-hydrogen) atoms. The van der Waals surface area contributed by atoms with Crippen molar-refractivity contribution in [2.75, 3.05) is 18.0 Å². The first-order chi connectivity index (χ1) is 14.7. The lowest BCUT2D eigenvalue weighted by Crippen LogP contribution is -2.45. The van der Waals surface area contributed by atoms with Crippen molar-refractivity contribution in [1.29, 1.82) is 5.26 Å². The Kier molecular flexibility index (Phi) is 6.54. The third kappa shape index (κ3) is 4.50. The first-order valence-electron chi connectivity index (χ1n) is 9.51. The normalized spacial score (nSPS) is 18.0. The Balaban J connectivity index is 1.85. The Morgan fingerprint density at radius 1 is 1.19 bits per heavy atom. The van der Waals surface area contributed by atoms with Crippen LogP contribution >= 0.6 is 23.2 Å². The van der Waals surface area contributed by atoms with Gasteiger partial charge in [0.15, 0.2) is 0 Å². The third-order valence-electron chi connectivity index (χ3n) is 5.13. The van der Waals surface area contributed by atoms with E-state index >= 15 is 0 Å². The van der Waals surface area contributed by atoms with Gasteiger partial charge in [0.05, 0.1) is 12.5 Å². The maximum Gasteiger partial charge on any atom is 0.325 e. The summed E-state index contributed by atoms with van der Waals surface area (Å²) < 4.78 is 0. The Hall–Kier alpha value is -3.08. The molecule has 0 aliphatic carbocycles. The van der Waals surface area contributed by atoms with Gasteiger partial charge in [-0.05, 0) is 38.1 Å². The molecule has 2 aromatic rings. The molecule has 1 heterocycles. The van der Waals surface area contributed by atoms with Crippen LogP contribution in [-0.2, 0) is 15.1 Å². The van der Waals surface area contributed by atoms with E-state index in [1.807, 2.05) is 25.1 Å². The molecule has 0 bridgehead atoms. The number of carbonyl (C=O) groups excluding carboxylic acids is 3. The van der Waals surface area contributed by atoms with Crippen LogP contribution in [0.3, 0.4) is 0 Å². The largest absolute Gasteiger partial charge is 0.325 e. The summed E-state index contributed by atoms with van der Waals surface area (Å²) in [5.74, 6) is -1.08. The maximum absolute atomic E-state index is 13.2. The lowest BCUT2D eigenvalue weighted by molar-refractivity contribution is -0.134. The Morgan fingerprint density at radius 3 is 2.48 bits per heavy atom. The monoisotopic (exact) mass is 458 g/mol. The van der Waals surface area contributed by atoms with Crippen LogP contribution in [0.4, 0.5) is 10.5 Å². The number of nitriles is 1. The molecule has 0 radical (unpaired) electrons. The number of nitrogens with zero attached hydrogens (tertiary/aromatic N) is 3. The number of carbonyl (C=O) groups is 3. The summed E-state index contributed by atoms with van der Waals surface area (Å²) in [5.41, 5.74) is 0.551. The molecule has 0 aromatic heterocycles. The zero-order chi connectivity index (χ0) is 22.8. The van der Waals surface area contributed by atoms with E-state index in [1.54, 1.807) is 24.3 Å². The van der Waals surface area contributed by atoms with Gasteiger partial charge in [-0.15, -0.1) is 0 Å². The molecular formula is C22H20Cl2N4O3. The summed E-state index contributed by atoms with van der Waals surface area (Å²) in [7, 11) is 0. The van der Waals surface area contributed by atoms with Crippen molar-refractivity contribution in [3.63, 3.8) is 0 Å². The van der Waals surface area contributed by atoms with Gasteiger partial charge < -0.3 is 10.2 Å². The summed E-state index contributed by atoms with van der Waals surface area (Å²) >= 11 is 12.2. The summed E-state index contributed by atoms with van der Waals surface area (Å²) in [5, 5.41) is 12.2. The number of hydrogen-bond acceptors (Lipinski definition) is 4. The van der Waals surface area contributed by atoms with Gasteiger partial charge in [0.1, 0.15) is 12.1 Å². The van der Waals surface area contributed by atoms with Gasteiger partial charge in [-0.25, -0.2) is 4.79 Å². The molecule has 9 heteroatoms. The van der Waals surface area contributed by atoms with Gasteiger partial charge >= 0.3 is 6.03 Å². The first-order valence-corrected chi connectivity index (χ1v) is 10.3. The van der Waals surface area contributed by atoms with Gasteiger partial charge in [-0.3, -0.25) is 14.5 Å². The van der Waals surface area contributed by atoms with Crippen LogP contribution in [0.15, 0.2) is 42.5 Å². The fourth-order valence-electron chi connectivity index (χ4n) is 3.42. The number of halogens is 2. The number of urea groups is 1. The summed E-state index contributed by atoms with van der Waals surface area (Å²) in [4.78, 5) is 41.1. The minimum atomic E-state index is -1.43. The molecule has 7 nitrogen and oxygen atoms in total. The molecule has 2 aromatic carbocycles. The van der Waals surface area contributed by atoms with Crippen molar-refractivity contribution in [1.82, 2.24) is 10.2 Å². The van der Waals surface area contributed by atoms with E-state index in [2.05, 4.69) is 5.32 Å². The average molecular weight is 459 g/mol. The van der Waals surface area contributed by atoms with E-state index in [0.717, 1.165) is 10.5 Å². The van der Waals surface area contributed by atoms with Crippen LogP contribution in [0, 0.1) is 18.3 Å². The van der Waals surface area contributed by atoms with Crippen LogP contribution in [0.2, 0.25) is 10.0 Å². The summed E-state index contributed by atoms with van der Waals surface area (Å²) in [6, 6.07) is 13.1. The van der Waals surface area contributed by atoms with Gasteiger partial charge in [0, 0.05) is 27.8 Å². The molecule has 1 aliphatic heterocycles. The number of benzene rings is 2. The number of aryl methyl sites for hydroxylation is 1. The average Bonchev–Trinajstić information content (AvgIpc) is 2.93. The van der Waals surface area contributed by atoms with E-state index in [1.165, 1.54) is 17.9 Å². The number of amides is 4. The molecule has 1 fully saturated rings. The standard InChI is InChI=1S/C22H20Cl2N4O3/c1-14-4-7-16(8-5-14)27(11-3-10-25)19(29)13-28-20(30)22(2,26-21(28)31)17-9-6-15(23)12-18(17)24/h4-9,12H,3,11,13H2,1-2H3,(H,26,31). The van der Waals surface area contributed by atoms with Crippen molar-refractivity contribution in [2.45, 2.75) is 25.8 Å². The number of nitrogens with one attached hydrogen (secondary N) is 1. The van der Waals surface area contributed by atoms with Crippen molar-refractivity contribution in [3.05, 3.63) is 63.6 Å². The third-order valence-corrected chi connectivity index (χ3v) is 5.68. The molecule has 1 atom stereocenters. The van der Waals surface area contributed by atoms with Crippen LogP contribution in [0.25, 0.3) is 0 Å². The fourth-order valence-corrected chi connectivity index (χ4v) is 4.02. The molecule has 160 valence electrons. The molecule has 0 spiro atoms. The number of rotatable bonds is 6. The van der Waals surface area contributed by atoms with E-state index in [4.69, 9.17) is 28.5 Å². The van der Waals surface area contributed by atoms with Crippen molar-refractivity contribution in [2.24, 2.45) is 0 Å². The lowest BCUT2D eigenvalue weighted by atomic mass is 9.92. The first kappa shape index (κ1) is 22.6. The predicted octanol–water partition coefficient (Wildman–Crippen LogP) is 4.02. The predicted molar refractivity (Wildman–Crippen MR) is 118 cm³/mol. The quantitative estimate of drug-likeness (QED) is 0.661. The van der Waals surface area contributed by atoms with Gasteiger partial charge in [-0.1, -0.05) is 47.0 Å². The molecular weight excluding hydrogens is 439 g/mol. The number of imide groups is 1. The molecule has 0 saturated carbocycles. The van der Waals surface area contributed by atoms with Crippen molar-refractivity contribution >= 4 is 46.7 Å². The van der Waals surface area contributed by atoms with E-state index in [0.29, 0.717) is 16.3 Å². The topological polar surface area (TPSA) is 93.5 Å². The highest BCUT2D eigenvalue weighted by Crippen LogP contribution is 2.35. The van der Waals surface area contributed by atoms with Crippen molar-refractivity contribution < 1.29 is 14.4 Å². The Labute approximate surface area is 190 Å².